The molecule has 23 heavy (non-hydrogen) atoms. The lowest BCUT2D eigenvalue weighted by Gasteiger charge is -2.30. The Kier molecular flexibility index (Phi) is 5.05. The Morgan fingerprint density at radius 3 is 2.70 bits per heavy atom. The minimum Gasteiger partial charge on any atom is -0.336 e. The highest BCUT2D eigenvalue weighted by Gasteiger charge is 2.30. The van der Waals surface area contributed by atoms with Crippen LogP contribution in [-0.2, 0) is 24.4 Å². The highest BCUT2D eigenvalue weighted by Crippen LogP contribution is 2.30. The van der Waals surface area contributed by atoms with Crippen molar-refractivity contribution in [3.8, 4) is 0 Å². The second-order valence-electron chi connectivity index (χ2n) is 7.64. The maximum absolute atomic E-state index is 13.0. The zero-order chi connectivity index (χ0) is 16.4. The average Bonchev–Trinajstić information content (AvgIpc) is 2.76. The van der Waals surface area contributed by atoms with Crippen LogP contribution in [0.25, 0.3) is 0 Å². The molecule has 0 N–H and O–H groups in total. The number of fused-ring (bicyclic) bond motifs is 1. The van der Waals surface area contributed by atoms with Gasteiger partial charge in [-0.1, -0.05) is 6.92 Å². The van der Waals surface area contributed by atoms with Gasteiger partial charge in [0.1, 0.15) is 0 Å². The molecule has 0 spiro atoms. The SMILES string of the molecule is CC1CCC(C(=O)N2CCCn3cnc(CN(C)C)c3C2)CC1. The number of carbonyl (C=O) groups excluding carboxylic acids is 1. The molecular formula is C18H30N4O. The maximum atomic E-state index is 13.0. The molecule has 3 rings (SSSR count). The molecule has 1 fully saturated rings. The quantitative estimate of drug-likeness (QED) is 0.860. The molecule has 5 nitrogen and oxygen atoms in total. The number of hydrogen-bond donors (Lipinski definition) is 0. The summed E-state index contributed by atoms with van der Waals surface area (Å²) in [6.07, 6.45) is 7.52. The van der Waals surface area contributed by atoms with Crippen molar-refractivity contribution >= 4 is 5.91 Å². The van der Waals surface area contributed by atoms with Crippen LogP contribution in [-0.4, -0.2) is 45.9 Å². The van der Waals surface area contributed by atoms with Crippen LogP contribution < -0.4 is 0 Å². The molecule has 1 saturated carbocycles. The zero-order valence-electron chi connectivity index (χ0n) is 14.8. The van der Waals surface area contributed by atoms with Crippen molar-refractivity contribution < 1.29 is 4.79 Å². The number of imidazole rings is 1. The van der Waals surface area contributed by atoms with Crippen LogP contribution in [0.5, 0.6) is 0 Å². The summed E-state index contributed by atoms with van der Waals surface area (Å²) in [6.45, 7) is 5.73. The number of amides is 1. The van der Waals surface area contributed by atoms with Crippen LogP contribution in [0.15, 0.2) is 6.33 Å². The topological polar surface area (TPSA) is 41.4 Å². The van der Waals surface area contributed by atoms with Gasteiger partial charge in [-0.2, -0.15) is 0 Å². The molecule has 2 heterocycles. The van der Waals surface area contributed by atoms with Crippen LogP contribution >= 0.6 is 0 Å². The molecule has 1 aromatic heterocycles. The summed E-state index contributed by atoms with van der Waals surface area (Å²) in [7, 11) is 4.13. The zero-order valence-corrected chi connectivity index (χ0v) is 14.8. The Morgan fingerprint density at radius 1 is 1.26 bits per heavy atom. The van der Waals surface area contributed by atoms with E-state index in [0.29, 0.717) is 5.91 Å². The van der Waals surface area contributed by atoms with Crippen LogP contribution in [0.2, 0.25) is 0 Å². The fourth-order valence-corrected chi connectivity index (χ4v) is 3.90. The number of aryl methyl sites for hydroxylation is 1. The minimum atomic E-state index is 0.248. The number of aromatic nitrogens is 2. The summed E-state index contributed by atoms with van der Waals surface area (Å²) in [6, 6.07) is 0. The maximum Gasteiger partial charge on any atom is 0.226 e. The summed E-state index contributed by atoms with van der Waals surface area (Å²) < 4.78 is 2.25. The van der Waals surface area contributed by atoms with Gasteiger partial charge in [-0.05, 0) is 52.1 Å². The van der Waals surface area contributed by atoms with E-state index in [1.165, 1.54) is 18.5 Å². The van der Waals surface area contributed by atoms with Gasteiger partial charge in [0.25, 0.3) is 0 Å². The molecule has 0 radical (unpaired) electrons. The van der Waals surface area contributed by atoms with Gasteiger partial charge in [0.2, 0.25) is 5.91 Å². The van der Waals surface area contributed by atoms with E-state index in [1.54, 1.807) is 0 Å². The minimum absolute atomic E-state index is 0.248. The lowest BCUT2D eigenvalue weighted by Crippen LogP contribution is -2.37. The van der Waals surface area contributed by atoms with Crippen molar-refractivity contribution in [3.05, 3.63) is 17.7 Å². The van der Waals surface area contributed by atoms with Gasteiger partial charge in [-0.25, -0.2) is 4.98 Å². The molecule has 2 aliphatic rings. The van der Waals surface area contributed by atoms with Crippen molar-refractivity contribution in [3.63, 3.8) is 0 Å². The third-order valence-corrected chi connectivity index (χ3v) is 5.34. The van der Waals surface area contributed by atoms with Gasteiger partial charge in [0, 0.05) is 25.6 Å². The van der Waals surface area contributed by atoms with Gasteiger partial charge in [0.05, 0.1) is 24.3 Å². The number of carbonyl (C=O) groups is 1. The third kappa shape index (κ3) is 3.77. The van der Waals surface area contributed by atoms with Crippen LogP contribution in [0.3, 0.4) is 0 Å². The van der Waals surface area contributed by atoms with E-state index in [1.807, 2.05) is 6.33 Å². The first-order valence-corrected chi connectivity index (χ1v) is 9.01. The highest BCUT2D eigenvalue weighted by atomic mass is 16.2. The van der Waals surface area contributed by atoms with Crippen LogP contribution in [0.1, 0.15) is 50.4 Å². The van der Waals surface area contributed by atoms with Crippen molar-refractivity contribution in [1.29, 1.82) is 0 Å². The molecule has 0 saturated heterocycles. The van der Waals surface area contributed by atoms with Crippen molar-refractivity contribution in [2.45, 2.75) is 58.7 Å². The molecule has 1 aliphatic heterocycles. The Hall–Kier alpha value is -1.36. The largest absolute Gasteiger partial charge is 0.336 e. The van der Waals surface area contributed by atoms with E-state index in [2.05, 4.69) is 40.4 Å². The monoisotopic (exact) mass is 318 g/mol. The van der Waals surface area contributed by atoms with Crippen molar-refractivity contribution in [2.75, 3.05) is 20.6 Å². The number of nitrogens with zero attached hydrogens (tertiary/aromatic N) is 4. The normalized spacial score (nSPS) is 25.3. The van der Waals surface area contributed by atoms with Gasteiger partial charge in [-0.3, -0.25) is 4.79 Å². The fraction of sp³-hybridized carbons (Fsp3) is 0.778. The van der Waals surface area contributed by atoms with E-state index in [0.717, 1.165) is 57.1 Å². The lowest BCUT2D eigenvalue weighted by atomic mass is 9.82. The third-order valence-electron chi connectivity index (χ3n) is 5.34. The number of rotatable bonds is 3. The first-order chi connectivity index (χ1) is 11.0. The van der Waals surface area contributed by atoms with E-state index in [4.69, 9.17) is 0 Å². The van der Waals surface area contributed by atoms with Crippen LogP contribution in [0, 0.1) is 11.8 Å². The van der Waals surface area contributed by atoms with Crippen molar-refractivity contribution in [1.82, 2.24) is 19.4 Å². The molecule has 0 unspecified atom stereocenters. The van der Waals surface area contributed by atoms with E-state index in [9.17, 15) is 4.79 Å². The first-order valence-electron chi connectivity index (χ1n) is 9.01. The van der Waals surface area contributed by atoms with Gasteiger partial charge < -0.3 is 14.4 Å². The molecule has 5 heteroatoms. The lowest BCUT2D eigenvalue weighted by molar-refractivity contribution is -0.137. The fourth-order valence-electron chi connectivity index (χ4n) is 3.90. The van der Waals surface area contributed by atoms with Crippen molar-refractivity contribution in [2.24, 2.45) is 11.8 Å². The molecule has 0 atom stereocenters. The van der Waals surface area contributed by atoms with Gasteiger partial charge in [0.15, 0.2) is 0 Å². The summed E-state index contributed by atoms with van der Waals surface area (Å²) in [5.74, 6) is 1.41. The van der Waals surface area contributed by atoms with E-state index >= 15 is 0 Å². The predicted molar refractivity (Wildman–Crippen MR) is 90.8 cm³/mol. The van der Waals surface area contributed by atoms with Gasteiger partial charge >= 0.3 is 0 Å². The molecule has 1 amide bonds. The molecule has 0 aromatic carbocycles. The summed E-state index contributed by atoms with van der Waals surface area (Å²) in [5.41, 5.74) is 2.35. The Labute approximate surface area is 139 Å². The predicted octanol–water partition coefficient (Wildman–Crippen LogP) is 2.50. The smallest absolute Gasteiger partial charge is 0.226 e. The van der Waals surface area contributed by atoms with Gasteiger partial charge in [-0.15, -0.1) is 0 Å². The van der Waals surface area contributed by atoms with E-state index < -0.39 is 0 Å². The second kappa shape index (κ2) is 7.04. The summed E-state index contributed by atoms with van der Waals surface area (Å²) >= 11 is 0. The second-order valence-corrected chi connectivity index (χ2v) is 7.64. The molecular weight excluding hydrogens is 288 g/mol. The molecule has 128 valence electrons. The highest BCUT2D eigenvalue weighted by molar-refractivity contribution is 5.79. The van der Waals surface area contributed by atoms with Crippen LogP contribution in [0.4, 0.5) is 0 Å². The first kappa shape index (κ1) is 16.5. The molecule has 1 aromatic rings. The Morgan fingerprint density at radius 2 is 2.00 bits per heavy atom. The Balaban J connectivity index is 1.72. The average molecular weight is 318 g/mol. The standard InChI is InChI=1S/C18H30N4O/c1-14-5-7-15(8-6-14)18(23)21-9-4-10-22-13-19-16(11-20(2)3)17(22)12-21/h13-15H,4-12H2,1-3H3. The Bertz CT molecular complexity index is 543. The summed E-state index contributed by atoms with van der Waals surface area (Å²) in [5, 5.41) is 0. The molecule has 1 aliphatic carbocycles. The van der Waals surface area contributed by atoms with E-state index in [-0.39, 0.29) is 5.92 Å². The summed E-state index contributed by atoms with van der Waals surface area (Å²) in [4.78, 5) is 21.8. The number of hydrogen-bond acceptors (Lipinski definition) is 3. The molecule has 0 bridgehead atoms.